The molecule has 5 N–H and O–H groups in total. The third kappa shape index (κ3) is 4.87. The number of hydrogen-bond donors (Lipinski definition) is 3. The summed E-state index contributed by atoms with van der Waals surface area (Å²) in [4.78, 5) is 22.7. The molecule has 1 aromatic rings. The molecule has 0 aromatic heterocycles. The Morgan fingerprint density at radius 3 is 2.63 bits per heavy atom. The Labute approximate surface area is 112 Å². The number of primary amides is 1. The highest BCUT2D eigenvalue weighted by molar-refractivity contribution is 5.96. The number of hydrogen-bond acceptors (Lipinski definition) is 4. The first kappa shape index (κ1) is 14.8. The molecule has 2 amide bonds. The normalized spacial score (nSPS) is 10.3. The molecular formula is C13H19N3O3. The third-order valence-corrected chi connectivity index (χ3v) is 2.34. The molecule has 6 heteroatoms. The first-order valence-electron chi connectivity index (χ1n) is 5.99. The number of nitrogens with two attached hydrogens (primary N) is 2. The minimum atomic E-state index is -0.648. The van der Waals surface area contributed by atoms with Crippen LogP contribution in [-0.2, 0) is 4.79 Å². The average Bonchev–Trinajstić information content (AvgIpc) is 2.34. The number of carbonyl (C=O) groups excluding carboxylic acids is 2. The fraction of sp³-hybridized carbons (Fsp3) is 0.385. The van der Waals surface area contributed by atoms with Gasteiger partial charge in [-0.1, -0.05) is 13.8 Å². The zero-order valence-electron chi connectivity index (χ0n) is 11.1. The quantitative estimate of drug-likeness (QED) is 0.651. The van der Waals surface area contributed by atoms with Crippen LogP contribution in [0.4, 0.5) is 5.69 Å². The summed E-state index contributed by atoms with van der Waals surface area (Å²) in [7, 11) is 0. The van der Waals surface area contributed by atoms with Crippen molar-refractivity contribution in [3.8, 4) is 5.75 Å². The summed E-state index contributed by atoms with van der Waals surface area (Å²) in [6.45, 7) is 4.39. The maximum Gasteiger partial charge on any atom is 0.257 e. The molecule has 0 unspecified atom stereocenters. The molecule has 0 saturated carbocycles. The largest absolute Gasteiger partial charge is 0.483 e. The highest BCUT2D eigenvalue weighted by Crippen LogP contribution is 2.20. The van der Waals surface area contributed by atoms with Crippen LogP contribution in [0.2, 0.25) is 0 Å². The Bertz CT molecular complexity index is 472. The van der Waals surface area contributed by atoms with Gasteiger partial charge in [-0.05, 0) is 24.1 Å². The minimum absolute atomic E-state index is 0.164. The van der Waals surface area contributed by atoms with Crippen LogP contribution in [0.15, 0.2) is 18.2 Å². The predicted octanol–water partition coefficient (Wildman–Crippen LogP) is 0.519. The molecule has 0 bridgehead atoms. The monoisotopic (exact) mass is 265 g/mol. The summed E-state index contributed by atoms with van der Waals surface area (Å²) in [6, 6.07) is 4.52. The molecule has 0 aliphatic carbocycles. The van der Waals surface area contributed by atoms with E-state index < -0.39 is 5.91 Å². The number of nitrogen functional groups attached to an aromatic ring is 1. The van der Waals surface area contributed by atoms with Gasteiger partial charge in [0.25, 0.3) is 11.8 Å². The van der Waals surface area contributed by atoms with E-state index in [1.807, 2.05) is 13.8 Å². The van der Waals surface area contributed by atoms with E-state index in [1.165, 1.54) is 12.1 Å². The number of nitrogens with one attached hydrogen (secondary N) is 1. The topological polar surface area (TPSA) is 107 Å². The Hall–Kier alpha value is -2.24. The SMILES string of the molecule is CC(C)CNC(=O)COc1ccc(N)cc1C(N)=O. The number of benzene rings is 1. The molecule has 1 rings (SSSR count). The van der Waals surface area contributed by atoms with Crippen LogP contribution in [0.25, 0.3) is 0 Å². The zero-order chi connectivity index (χ0) is 14.4. The van der Waals surface area contributed by atoms with E-state index in [2.05, 4.69) is 5.32 Å². The van der Waals surface area contributed by atoms with Crippen molar-refractivity contribution in [3.63, 3.8) is 0 Å². The van der Waals surface area contributed by atoms with Crippen LogP contribution in [0, 0.1) is 5.92 Å². The standard InChI is InChI=1S/C13H19N3O3/c1-8(2)6-16-12(17)7-19-11-4-3-9(14)5-10(11)13(15)18/h3-5,8H,6-7,14H2,1-2H3,(H2,15,18)(H,16,17). The number of amides is 2. The predicted molar refractivity (Wildman–Crippen MR) is 72.7 cm³/mol. The van der Waals surface area contributed by atoms with E-state index in [4.69, 9.17) is 16.2 Å². The lowest BCUT2D eigenvalue weighted by Gasteiger charge is -2.11. The summed E-state index contributed by atoms with van der Waals surface area (Å²) < 4.78 is 5.28. The molecule has 0 atom stereocenters. The molecular weight excluding hydrogens is 246 g/mol. The van der Waals surface area contributed by atoms with Crippen molar-refractivity contribution in [3.05, 3.63) is 23.8 Å². The molecule has 0 aliphatic heterocycles. The Morgan fingerprint density at radius 2 is 2.05 bits per heavy atom. The van der Waals surface area contributed by atoms with Gasteiger partial charge in [-0.25, -0.2) is 0 Å². The molecule has 19 heavy (non-hydrogen) atoms. The number of ether oxygens (including phenoxy) is 1. The lowest BCUT2D eigenvalue weighted by molar-refractivity contribution is -0.123. The van der Waals surface area contributed by atoms with Gasteiger partial charge in [0.05, 0.1) is 5.56 Å². The van der Waals surface area contributed by atoms with E-state index in [9.17, 15) is 9.59 Å². The van der Waals surface area contributed by atoms with Gasteiger partial charge in [-0.3, -0.25) is 9.59 Å². The van der Waals surface area contributed by atoms with Crippen molar-refractivity contribution in [2.24, 2.45) is 11.7 Å². The second-order valence-electron chi connectivity index (χ2n) is 4.61. The summed E-state index contributed by atoms with van der Waals surface area (Å²) in [5.74, 6) is -0.283. The molecule has 0 heterocycles. The number of carbonyl (C=O) groups is 2. The van der Waals surface area contributed by atoms with Gasteiger partial charge in [0.2, 0.25) is 0 Å². The van der Waals surface area contributed by atoms with Crippen molar-refractivity contribution in [2.45, 2.75) is 13.8 Å². The lowest BCUT2D eigenvalue weighted by atomic mass is 10.1. The number of rotatable bonds is 6. The molecule has 104 valence electrons. The van der Waals surface area contributed by atoms with Crippen molar-refractivity contribution in [1.29, 1.82) is 0 Å². The van der Waals surface area contributed by atoms with Crippen molar-refractivity contribution in [1.82, 2.24) is 5.32 Å². The molecule has 0 spiro atoms. The summed E-state index contributed by atoms with van der Waals surface area (Å²) >= 11 is 0. The molecule has 0 aliphatic rings. The Balaban J connectivity index is 2.62. The van der Waals surface area contributed by atoms with Crippen molar-refractivity contribution in [2.75, 3.05) is 18.9 Å². The fourth-order valence-electron chi connectivity index (χ4n) is 1.38. The van der Waals surface area contributed by atoms with Gasteiger partial charge in [0, 0.05) is 12.2 Å². The Morgan fingerprint density at radius 1 is 1.37 bits per heavy atom. The van der Waals surface area contributed by atoms with E-state index >= 15 is 0 Å². The van der Waals surface area contributed by atoms with Gasteiger partial charge in [0.1, 0.15) is 5.75 Å². The zero-order valence-corrected chi connectivity index (χ0v) is 11.1. The van der Waals surface area contributed by atoms with Crippen LogP contribution in [-0.4, -0.2) is 25.0 Å². The molecule has 0 saturated heterocycles. The summed E-state index contributed by atoms with van der Waals surface area (Å²) in [5, 5.41) is 2.71. The molecule has 1 aromatic carbocycles. The summed E-state index contributed by atoms with van der Waals surface area (Å²) in [6.07, 6.45) is 0. The van der Waals surface area contributed by atoms with Crippen LogP contribution >= 0.6 is 0 Å². The van der Waals surface area contributed by atoms with Gasteiger partial charge in [-0.15, -0.1) is 0 Å². The van der Waals surface area contributed by atoms with Crippen LogP contribution in [0.5, 0.6) is 5.75 Å². The van der Waals surface area contributed by atoms with Gasteiger partial charge >= 0.3 is 0 Å². The van der Waals surface area contributed by atoms with Crippen LogP contribution < -0.4 is 21.5 Å². The smallest absolute Gasteiger partial charge is 0.257 e. The van der Waals surface area contributed by atoms with Gasteiger partial charge < -0.3 is 21.5 Å². The Kier molecular flexibility index (Phi) is 5.17. The van der Waals surface area contributed by atoms with E-state index in [0.29, 0.717) is 18.2 Å². The van der Waals surface area contributed by atoms with E-state index in [1.54, 1.807) is 6.07 Å². The second kappa shape index (κ2) is 6.63. The van der Waals surface area contributed by atoms with E-state index in [0.717, 1.165) is 0 Å². The van der Waals surface area contributed by atoms with E-state index in [-0.39, 0.29) is 23.8 Å². The maximum atomic E-state index is 11.5. The van der Waals surface area contributed by atoms with Gasteiger partial charge in [0.15, 0.2) is 6.61 Å². The molecule has 6 nitrogen and oxygen atoms in total. The van der Waals surface area contributed by atoms with Gasteiger partial charge in [-0.2, -0.15) is 0 Å². The molecule has 0 radical (unpaired) electrons. The summed E-state index contributed by atoms with van der Waals surface area (Å²) in [5.41, 5.74) is 11.3. The number of anilines is 1. The lowest BCUT2D eigenvalue weighted by Crippen LogP contribution is -2.32. The highest BCUT2D eigenvalue weighted by atomic mass is 16.5. The second-order valence-corrected chi connectivity index (χ2v) is 4.61. The van der Waals surface area contributed by atoms with Crippen molar-refractivity contribution >= 4 is 17.5 Å². The van der Waals surface area contributed by atoms with Crippen LogP contribution in [0.3, 0.4) is 0 Å². The first-order valence-corrected chi connectivity index (χ1v) is 5.99. The first-order chi connectivity index (χ1) is 8.90. The fourth-order valence-corrected chi connectivity index (χ4v) is 1.38. The van der Waals surface area contributed by atoms with Crippen LogP contribution in [0.1, 0.15) is 24.2 Å². The third-order valence-electron chi connectivity index (χ3n) is 2.34. The van der Waals surface area contributed by atoms with Crippen molar-refractivity contribution < 1.29 is 14.3 Å². The highest BCUT2D eigenvalue weighted by Gasteiger charge is 2.11. The maximum absolute atomic E-state index is 11.5. The minimum Gasteiger partial charge on any atom is -0.483 e. The average molecular weight is 265 g/mol. The molecule has 0 fully saturated rings.